The standard InChI is InChI=1S/C16H22N2O3/c19-15(20)14(11-13-5-2-1-3-6-13)18-16(21)17-10-4-7-12-8-9-12/h1-3,5-6,12,14H,4,7-11H2,(H,19,20)(H2,17,18,21)/t14-/m1/s1. The van der Waals surface area contributed by atoms with Gasteiger partial charge in [-0.25, -0.2) is 9.59 Å². The first-order valence-electron chi connectivity index (χ1n) is 7.46. The second-order valence-electron chi connectivity index (χ2n) is 5.57. The molecule has 1 aliphatic carbocycles. The fraction of sp³-hybridized carbons (Fsp3) is 0.500. The number of nitrogens with one attached hydrogen (secondary N) is 2. The Bertz CT molecular complexity index is 472. The Hall–Kier alpha value is -2.04. The van der Waals surface area contributed by atoms with Gasteiger partial charge in [0.2, 0.25) is 0 Å². The first kappa shape index (κ1) is 15.4. The summed E-state index contributed by atoms with van der Waals surface area (Å²) in [5.41, 5.74) is 0.888. The maximum Gasteiger partial charge on any atom is 0.326 e. The number of urea groups is 1. The molecule has 2 amide bonds. The van der Waals surface area contributed by atoms with Crippen LogP contribution in [0.3, 0.4) is 0 Å². The van der Waals surface area contributed by atoms with Crippen LogP contribution < -0.4 is 10.6 Å². The van der Waals surface area contributed by atoms with Crippen LogP contribution in [0, 0.1) is 5.92 Å². The van der Waals surface area contributed by atoms with E-state index in [1.807, 2.05) is 30.3 Å². The highest BCUT2D eigenvalue weighted by molar-refractivity contribution is 5.82. The number of hydrogen-bond donors (Lipinski definition) is 3. The first-order valence-corrected chi connectivity index (χ1v) is 7.46. The van der Waals surface area contributed by atoms with Gasteiger partial charge >= 0.3 is 12.0 Å². The van der Waals surface area contributed by atoms with Gasteiger partial charge in [0.25, 0.3) is 0 Å². The van der Waals surface area contributed by atoms with Crippen molar-refractivity contribution in [2.45, 2.75) is 38.1 Å². The predicted octanol–water partition coefficient (Wildman–Crippen LogP) is 2.17. The van der Waals surface area contributed by atoms with Crippen molar-refractivity contribution in [3.05, 3.63) is 35.9 Å². The smallest absolute Gasteiger partial charge is 0.326 e. The van der Waals surface area contributed by atoms with Crippen LogP contribution in [0.25, 0.3) is 0 Å². The minimum absolute atomic E-state index is 0.283. The summed E-state index contributed by atoms with van der Waals surface area (Å²) < 4.78 is 0. The summed E-state index contributed by atoms with van der Waals surface area (Å²) in [5.74, 6) is -0.174. The van der Waals surface area contributed by atoms with Gasteiger partial charge < -0.3 is 15.7 Å². The Kier molecular flexibility index (Phi) is 5.60. The van der Waals surface area contributed by atoms with Gasteiger partial charge in [-0.3, -0.25) is 0 Å². The lowest BCUT2D eigenvalue weighted by Gasteiger charge is -2.15. The molecule has 5 heteroatoms. The molecule has 3 N–H and O–H groups in total. The molecule has 114 valence electrons. The summed E-state index contributed by atoms with van der Waals surface area (Å²) in [5, 5.41) is 14.4. The molecule has 0 aromatic heterocycles. The van der Waals surface area contributed by atoms with Gasteiger partial charge in [-0.15, -0.1) is 0 Å². The fourth-order valence-corrected chi connectivity index (χ4v) is 2.26. The van der Waals surface area contributed by atoms with Crippen LogP contribution in [0.5, 0.6) is 0 Å². The summed E-state index contributed by atoms with van der Waals surface area (Å²) in [6.45, 7) is 0.597. The largest absolute Gasteiger partial charge is 0.480 e. The van der Waals surface area contributed by atoms with Crippen LogP contribution in [0.1, 0.15) is 31.2 Å². The lowest BCUT2D eigenvalue weighted by atomic mass is 10.1. The van der Waals surface area contributed by atoms with Crippen molar-refractivity contribution in [1.82, 2.24) is 10.6 Å². The van der Waals surface area contributed by atoms with E-state index in [-0.39, 0.29) is 6.42 Å². The van der Waals surface area contributed by atoms with E-state index < -0.39 is 18.0 Å². The zero-order valence-corrected chi connectivity index (χ0v) is 12.0. The van der Waals surface area contributed by atoms with E-state index in [2.05, 4.69) is 10.6 Å². The van der Waals surface area contributed by atoms with Gasteiger partial charge in [0, 0.05) is 13.0 Å². The Balaban J connectivity index is 1.73. The second-order valence-corrected chi connectivity index (χ2v) is 5.57. The Morgan fingerprint density at radius 3 is 2.57 bits per heavy atom. The number of carbonyl (C=O) groups excluding carboxylic acids is 1. The highest BCUT2D eigenvalue weighted by Gasteiger charge is 2.21. The molecule has 1 fully saturated rings. The molecule has 21 heavy (non-hydrogen) atoms. The number of carboxylic acid groups (broad SMARTS) is 1. The molecule has 1 atom stereocenters. The zero-order chi connectivity index (χ0) is 15.1. The predicted molar refractivity (Wildman–Crippen MR) is 80.1 cm³/mol. The van der Waals surface area contributed by atoms with Crippen molar-refractivity contribution >= 4 is 12.0 Å². The third-order valence-corrected chi connectivity index (χ3v) is 3.66. The minimum Gasteiger partial charge on any atom is -0.480 e. The monoisotopic (exact) mass is 290 g/mol. The third kappa shape index (κ3) is 5.85. The number of rotatable bonds is 8. The van der Waals surface area contributed by atoms with E-state index in [4.69, 9.17) is 0 Å². The SMILES string of the molecule is O=C(NCCCC1CC1)N[C@H](Cc1ccccc1)C(=O)O. The van der Waals surface area contributed by atoms with E-state index in [0.29, 0.717) is 6.54 Å². The topological polar surface area (TPSA) is 78.4 Å². The molecule has 0 spiro atoms. The van der Waals surface area contributed by atoms with Crippen molar-refractivity contribution in [3.8, 4) is 0 Å². The normalized spacial score (nSPS) is 15.2. The van der Waals surface area contributed by atoms with Crippen molar-refractivity contribution < 1.29 is 14.7 Å². The average Bonchev–Trinajstić information content (AvgIpc) is 3.28. The van der Waals surface area contributed by atoms with E-state index >= 15 is 0 Å². The number of carbonyl (C=O) groups is 2. The molecular formula is C16H22N2O3. The second kappa shape index (κ2) is 7.67. The van der Waals surface area contributed by atoms with E-state index in [1.165, 1.54) is 12.8 Å². The average molecular weight is 290 g/mol. The van der Waals surface area contributed by atoms with Gasteiger partial charge in [0.1, 0.15) is 6.04 Å². The molecule has 1 saturated carbocycles. The minimum atomic E-state index is -1.02. The molecule has 1 aromatic carbocycles. The van der Waals surface area contributed by atoms with Crippen molar-refractivity contribution in [3.63, 3.8) is 0 Å². The number of amides is 2. The Labute approximate surface area is 124 Å². The quantitative estimate of drug-likeness (QED) is 0.642. The summed E-state index contributed by atoms with van der Waals surface area (Å²) in [4.78, 5) is 22.9. The summed E-state index contributed by atoms with van der Waals surface area (Å²) in [6.07, 6.45) is 5.00. The summed E-state index contributed by atoms with van der Waals surface area (Å²) in [6, 6.07) is 7.97. The van der Waals surface area contributed by atoms with Gasteiger partial charge in [0.15, 0.2) is 0 Å². The maximum atomic E-state index is 11.7. The molecule has 5 nitrogen and oxygen atoms in total. The number of hydrogen-bond acceptors (Lipinski definition) is 2. The number of carboxylic acids is 1. The van der Waals surface area contributed by atoms with Crippen LogP contribution >= 0.6 is 0 Å². The van der Waals surface area contributed by atoms with E-state index in [1.54, 1.807) is 0 Å². The Morgan fingerprint density at radius 2 is 1.95 bits per heavy atom. The lowest BCUT2D eigenvalue weighted by Crippen LogP contribution is -2.47. The fourth-order valence-electron chi connectivity index (χ4n) is 2.26. The molecule has 0 saturated heterocycles. The first-order chi connectivity index (χ1) is 10.1. The summed E-state index contributed by atoms with van der Waals surface area (Å²) >= 11 is 0. The zero-order valence-electron chi connectivity index (χ0n) is 12.0. The molecule has 1 aliphatic rings. The lowest BCUT2D eigenvalue weighted by molar-refractivity contribution is -0.139. The number of benzene rings is 1. The van der Waals surface area contributed by atoms with Gasteiger partial charge in [-0.2, -0.15) is 0 Å². The van der Waals surface area contributed by atoms with E-state index in [9.17, 15) is 14.7 Å². The number of aliphatic carboxylic acids is 1. The van der Waals surface area contributed by atoms with Crippen LogP contribution in [-0.2, 0) is 11.2 Å². The highest BCUT2D eigenvalue weighted by Crippen LogP contribution is 2.33. The van der Waals surface area contributed by atoms with E-state index in [0.717, 1.165) is 24.3 Å². The van der Waals surface area contributed by atoms with Crippen LogP contribution in [0.2, 0.25) is 0 Å². The van der Waals surface area contributed by atoms with Crippen LogP contribution in [0.15, 0.2) is 30.3 Å². The third-order valence-electron chi connectivity index (χ3n) is 3.66. The maximum absolute atomic E-state index is 11.7. The van der Waals surface area contributed by atoms with Gasteiger partial charge in [-0.05, 0) is 24.3 Å². The van der Waals surface area contributed by atoms with Crippen LogP contribution in [-0.4, -0.2) is 29.7 Å². The molecule has 0 radical (unpaired) electrons. The van der Waals surface area contributed by atoms with Crippen molar-refractivity contribution in [1.29, 1.82) is 0 Å². The molecule has 2 rings (SSSR count). The van der Waals surface area contributed by atoms with Crippen molar-refractivity contribution in [2.24, 2.45) is 5.92 Å². The molecule has 0 bridgehead atoms. The molecule has 0 aliphatic heterocycles. The van der Waals surface area contributed by atoms with Crippen LogP contribution in [0.4, 0.5) is 4.79 Å². The summed E-state index contributed by atoms with van der Waals surface area (Å²) in [7, 11) is 0. The van der Waals surface area contributed by atoms with Gasteiger partial charge in [-0.1, -0.05) is 43.2 Å². The van der Waals surface area contributed by atoms with Gasteiger partial charge in [0.05, 0.1) is 0 Å². The van der Waals surface area contributed by atoms with Crippen molar-refractivity contribution in [2.75, 3.05) is 6.54 Å². The Morgan fingerprint density at radius 1 is 1.24 bits per heavy atom. The highest BCUT2D eigenvalue weighted by atomic mass is 16.4. The molecule has 0 heterocycles. The molecular weight excluding hydrogens is 268 g/mol. The molecule has 0 unspecified atom stereocenters. The molecule has 1 aromatic rings.